The van der Waals surface area contributed by atoms with Crippen molar-refractivity contribution < 1.29 is 9.90 Å². The van der Waals surface area contributed by atoms with Gasteiger partial charge in [-0.1, -0.05) is 38.5 Å². The van der Waals surface area contributed by atoms with Crippen LogP contribution < -0.4 is 5.32 Å². The summed E-state index contributed by atoms with van der Waals surface area (Å²) in [6, 6.07) is 0.00332. The Morgan fingerprint density at radius 1 is 0.944 bits per heavy atom. The lowest BCUT2D eigenvalue weighted by atomic mass is 9.86. The Hall–Kier alpha value is -0.570. The predicted octanol–water partition coefficient (Wildman–Crippen LogP) is 2.77. The van der Waals surface area contributed by atoms with Gasteiger partial charge in [0.25, 0.3) is 0 Å². The molecule has 0 spiro atoms. The Balaban J connectivity index is 1.74. The van der Waals surface area contributed by atoms with E-state index < -0.39 is 0 Å². The molecule has 0 aliphatic heterocycles. The maximum atomic E-state index is 12.0. The van der Waals surface area contributed by atoms with Gasteiger partial charge in [-0.05, 0) is 31.6 Å². The van der Waals surface area contributed by atoms with Crippen molar-refractivity contribution in [1.82, 2.24) is 5.32 Å². The molecule has 2 aliphatic carbocycles. The molecule has 104 valence electrons. The summed E-state index contributed by atoms with van der Waals surface area (Å²) >= 11 is 0. The van der Waals surface area contributed by atoms with E-state index in [-0.39, 0.29) is 18.1 Å². The Kier molecular flexibility index (Phi) is 5.48. The minimum atomic E-state index is -0.331. The van der Waals surface area contributed by atoms with Gasteiger partial charge in [0, 0.05) is 6.42 Å². The summed E-state index contributed by atoms with van der Waals surface area (Å²) in [4.78, 5) is 12.0. The summed E-state index contributed by atoms with van der Waals surface area (Å²) in [5.41, 5.74) is 0. The van der Waals surface area contributed by atoms with Gasteiger partial charge in [-0.3, -0.25) is 4.79 Å². The third kappa shape index (κ3) is 4.27. The van der Waals surface area contributed by atoms with Crippen LogP contribution in [0.25, 0.3) is 0 Å². The molecule has 0 radical (unpaired) electrons. The predicted molar refractivity (Wildman–Crippen MR) is 72.2 cm³/mol. The topological polar surface area (TPSA) is 49.3 Å². The van der Waals surface area contributed by atoms with Gasteiger partial charge in [0.2, 0.25) is 5.91 Å². The molecule has 2 N–H and O–H groups in total. The number of hydrogen-bond donors (Lipinski definition) is 2. The van der Waals surface area contributed by atoms with E-state index in [0.717, 1.165) is 25.7 Å². The fourth-order valence-corrected chi connectivity index (χ4v) is 3.38. The Labute approximate surface area is 110 Å². The molecule has 2 aliphatic rings. The van der Waals surface area contributed by atoms with Gasteiger partial charge in [0.15, 0.2) is 0 Å². The van der Waals surface area contributed by atoms with E-state index in [4.69, 9.17) is 0 Å². The monoisotopic (exact) mass is 253 g/mol. The van der Waals surface area contributed by atoms with E-state index in [0.29, 0.717) is 12.3 Å². The minimum absolute atomic E-state index is 0.00332. The first kappa shape index (κ1) is 13.9. The molecule has 2 unspecified atom stereocenters. The first-order chi connectivity index (χ1) is 8.75. The van der Waals surface area contributed by atoms with Crippen LogP contribution in [0.4, 0.5) is 0 Å². The molecule has 2 fully saturated rings. The number of nitrogens with one attached hydrogen (secondary N) is 1. The SMILES string of the molecule is O=C(CC1CCCCC1)NC1CCCCCC1O. The summed E-state index contributed by atoms with van der Waals surface area (Å²) in [5, 5.41) is 13.1. The second kappa shape index (κ2) is 7.13. The molecule has 2 saturated carbocycles. The van der Waals surface area contributed by atoms with Gasteiger partial charge >= 0.3 is 0 Å². The van der Waals surface area contributed by atoms with Crippen LogP contribution in [0.5, 0.6) is 0 Å². The van der Waals surface area contributed by atoms with Crippen LogP contribution in [0.15, 0.2) is 0 Å². The molecule has 0 saturated heterocycles. The average Bonchev–Trinajstić information content (AvgIpc) is 2.56. The van der Waals surface area contributed by atoms with Crippen molar-refractivity contribution in [2.45, 2.75) is 82.8 Å². The molecule has 0 aromatic rings. The van der Waals surface area contributed by atoms with Gasteiger partial charge < -0.3 is 10.4 Å². The van der Waals surface area contributed by atoms with Crippen LogP contribution >= 0.6 is 0 Å². The summed E-state index contributed by atoms with van der Waals surface area (Å²) in [5.74, 6) is 0.745. The van der Waals surface area contributed by atoms with Crippen molar-refractivity contribution in [3.05, 3.63) is 0 Å². The van der Waals surface area contributed by atoms with Crippen molar-refractivity contribution in [2.75, 3.05) is 0 Å². The lowest BCUT2D eigenvalue weighted by Crippen LogP contribution is -2.43. The third-order valence-electron chi connectivity index (χ3n) is 4.52. The maximum absolute atomic E-state index is 12.0. The molecule has 2 rings (SSSR count). The summed E-state index contributed by atoms with van der Waals surface area (Å²) in [6.45, 7) is 0. The van der Waals surface area contributed by atoms with Crippen LogP contribution in [0.2, 0.25) is 0 Å². The molecular formula is C15H27NO2. The quantitative estimate of drug-likeness (QED) is 0.760. The summed E-state index contributed by atoms with van der Waals surface area (Å²) < 4.78 is 0. The first-order valence-electron chi connectivity index (χ1n) is 7.73. The zero-order chi connectivity index (χ0) is 12.8. The number of aliphatic hydroxyl groups is 1. The molecule has 2 atom stereocenters. The zero-order valence-electron chi connectivity index (χ0n) is 11.4. The van der Waals surface area contributed by atoms with Crippen LogP contribution in [-0.2, 0) is 4.79 Å². The number of carbonyl (C=O) groups excluding carboxylic acids is 1. The second-order valence-electron chi connectivity index (χ2n) is 6.09. The van der Waals surface area contributed by atoms with Crippen molar-refractivity contribution in [1.29, 1.82) is 0 Å². The number of hydrogen-bond acceptors (Lipinski definition) is 2. The normalized spacial score (nSPS) is 30.7. The van der Waals surface area contributed by atoms with Gasteiger partial charge in [0.05, 0.1) is 12.1 Å². The number of rotatable bonds is 3. The molecule has 0 aromatic carbocycles. The van der Waals surface area contributed by atoms with Crippen LogP contribution in [0.3, 0.4) is 0 Å². The maximum Gasteiger partial charge on any atom is 0.220 e. The van der Waals surface area contributed by atoms with Crippen molar-refractivity contribution in [3.8, 4) is 0 Å². The summed E-state index contributed by atoms with van der Waals surface area (Å²) in [6.07, 6.45) is 11.8. The lowest BCUT2D eigenvalue weighted by molar-refractivity contribution is -0.123. The molecule has 0 heterocycles. The largest absolute Gasteiger partial charge is 0.391 e. The highest BCUT2D eigenvalue weighted by atomic mass is 16.3. The molecule has 0 aromatic heterocycles. The smallest absolute Gasteiger partial charge is 0.220 e. The van der Waals surface area contributed by atoms with Crippen molar-refractivity contribution in [3.63, 3.8) is 0 Å². The first-order valence-corrected chi connectivity index (χ1v) is 7.73. The molecular weight excluding hydrogens is 226 g/mol. The Bertz CT molecular complexity index is 261. The van der Waals surface area contributed by atoms with E-state index in [2.05, 4.69) is 5.32 Å². The van der Waals surface area contributed by atoms with Crippen molar-refractivity contribution >= 4 is 5.91 Å². The number of aliphatic hydroxyl groups excluding tert-OH is 1. The lowest BCUT2D eigenvalue weighted by Gasteiger charge is -2.25. The highest BCUT2D eigenvalue weighted by Gasteiger charge is 2.24. The van der Waals surface area contributed by atoms with E-state index in [1.165, 1.54) is 38.5 Å². The highest BCUT2D eigenvalue weighted by Crippen LogP contribution is 2.26. The summed E-state index contributed by atoms with van der Waals surface area (Å²) in [7, 11) is 0. The average molecular weight is 253 g/mol. The number of carbonyl (C=O) groups is 1. The van der Waals surface area contributed by atoms with Crippen LogP contribution in [0, 0.1) is 5.92 Å². The fourth-order valence-electron chi connectivity index (χ4n) is 3.38. The van der Waals surface area contributed by atoms with E-state index >= 15 is 0 Å². The van der Waals surface area contributed by atoms with Gasteiger partial charge in [-0.15, -0.1) is 0 Å². The molecule has 3 nitrogen and oxygen atoms in total. The van der Waals surface area contributed by atoms with Crippen LogP contribution in [0.1, 0.15) is 70.6 Å². The molecule has 18 heavy (non-hydrogen) atoms. The van der Waals surface area contributed by atoms with Gasteiger partial charge in [-0.2, -0.15) is 0 Å². The fraction of sp³-hybridized carbons (Fsp3) is 0.933. The van der Waals surface area contributed by atoms with E-state index in [1.54, 1.807) is 0 Å². The highest BCUT2D eigenvalue weighted by molar-refractivity contribution is 5.76. The van der Waals surface area contributed by atoms with Crippen LogP contribution in [-0.4, -0.2) is 23.2 Å². The van der Waals surface area contributed by atoms with Gasteiger partial charge in [-0.25, -0.2) is 0 Å². The van der Waals surface area contributed by atoms with Crippen molar-refractivity contribution in [2.24, 2.45) is 5.92 Å². The van der Waals surface area contributed by atoms with Gasteiger partial charge in [0.1, 0.15) is 0 Å². The third-order valence-corrected chi connectivity index (χ3v) is 4.52. The molecule has 3 heteroatoms. The zero-order valence-corrected chi connectivity index (χ0v) is 11.4. The number of amides is 1. The second-order valence-corrected chi connectivity index (χ2v) is 6.09. The minimum Gasteiger partial charge on any atom is -0.391 e. The Morgan fingerprint density at radius 3 is 2.28 bits per heavy atom. The Morgan fingerprint density at radius 2 is 1.56 bits per heavy atom. The van der Waals surface area contributed by atoms with E-state index in [1.807, 2.05) is 0 Å². The van der Waals surface area contributed by atoms with E-state index in [9.17, 15) is 9.90 Å². The molecule has 0 bridgehead atoms. The molecule has 1 amide bonds. The standard InChI is InChI=1S/C15H27NO2/c17-14-10-6-2-5-9-13(14)16-15(18)11-12-7-3-1-4-8-12/h12-14,17H,1-11H2,(H,16,18).